The molecule has 0 atom stereocenters. The second-order valence-electron chi connectivity index (χ2n) is 4.44. The van der Waals surface area contributed by atoms with E-state index in [1.165, 1.54) is 12.7 Å². The zero-order valence-electron chi connectivity index (χ0n) is 11.3. The number of rotatable bonds is 8. The van der Waals surface area contributed by atoms with Crippen LogP contribution in [0, 0.1) is 0 Å². The van der Waals surface area contributed by atoms with E-state index in [0.29, 0.717) is 6.42 Å². The molecule has 0 aromatic heterocycles. The highest BCUT2D eigenvalue weighted by Crippen LogP contribution is 2.09. The molecule has 1 aromatic rings. The third kappa shape index (κ3) is 6.04. The van der Waals surface area contributed by atoms with E-state index < -0.39 is 5.97 Å². The number of aryl methyl sites for hydroxylation is 1. The number of hydrogen-bond donors (Lipinski definition) is 1. The molecule has 0 amide bonds. The van der Waals surface area contributed by atoms with Gasteiger partial charge in [-0.1, -0.05) is 48.3 Å². The Morgan fingerprint density at radius 3 is 2.47 bits per heavy atom. The molecule has 0 radical (unpaired) electrons. The molecule has 0 aliphatic carbocycles. The molecule has 1 aromatic carbocycles. The molecule has 1 rings (SSSR count). The molecule has 0 spiro atoms. The minimum absolute atomic E-state index is 0.102. The average molecular weight is 263 g/mol. The molecule has 0 aliphatic rings. The van der Waals surface area contributed by atoms with E-state index in [1.54, 1.807) is 0 Å². The summed E-state index contributed by atoms with van der Waals surface area (Å²) in [6.07, 6.45) is 5.64. The highest BCUT2D eigenvalue weighted by molar-refractivity contribution is 6.36. The third-order valence-corrected chi connectivity index (χ3v) is 3.01. The first kappa shape index (κ1) is 15.2. The van der Waals surface area contributed by atoms with Crippen LogP contribution in [0.3, 0.4) is 0 Å². The van der Waals surface area contributed by atoms with Gasteiger partial charge in [0.05, 0.1) is 7.11 Å². The molecular formula is C15H21NO3. The number of methoxy groups -OCH3 is 1. The molecule has 0 aliphatic heterocycles. The maximum Gasteiger partial charge on any atom is 0.355 e. The lowest BCUT2D eigenvalue weighted by molar-refractivity contribution is -0.133. The van der Waals surface area contributed by atoms with Gasteiger partial charge in [-0.3, -0.25) is 0 Å². The predicted octanol–water partition coefficient (Wildman–Crippen LogP) is 3.18. The lowest BCUT2D eigenvalue weighted by Gasteiger charge is -2.03. The summed E-state index contributed by atoms with van der Waals surface area (Å²) < 4.78 is 4.51. The summed E-state index contributed by atoms with van der Waals surface area (Å²) >= 11 is 0. The highest BCUT2D eigenvalue weighted by atomic mass is 16.5. The van der Waals surface area contributed by atoms with Gasteiger partial charge in [0.15, 0.2) is 5.71 Å². The molecule has 0 unspecified atom stereocenters. The molecule has 0 saturated heterocycles. The van der Waals surface area contributed by atoms with E-state index in [2.05, 4.69) is 34.2 Å². The molecule has 4 nitrogen and oxygen atoms in total. The Hall–Kier alpha value is -1.84. The zero-order chi connectivity index (χ0) is 13.9. The molecule has 0 heterocycles. The van der Waals surface area contributed by atoms with E-state index in [0.717, 1.165) is 32.1 Å². The topological polar surface area (TPSA) is 58.9 Å². The molecule has 19 heavy (non-hydrogen) atoms. The summed E-state index contributed by atoms with van der Waals surface area (Å²) in [6, 6.07) is 10.4. The first-order valence-corrected chi connectivity index (χ1v) is 6.61. The molecule has 1 N–H and O–H groups in total. The first-order valence-electron chi connectivity index (χ1n) is 6.61. The van der Waals surface area contributed by atoms with Crippen molar-refractivity contribution in [1.82, 2.24) is 0 Å². The summed E-state index contributed by atoms with van der Waals surface area (Å²) in [7, 11) is 1.29. The van der Waals surface area contributed by atoms with Gasteiger partial charge in [0, 0.05) is 6.42 Å². The van der Waals surface area contributed by atoms with Gasteiger partial charge in [0.2, 0.25) is 0 Å². The van der Waals surface area contributed by atoms with E-state index in [-0.39, 0.29) is 5.71 Å². The van der Waals surface area contributed by atoms with Crippen LogP contribution in [0.5, 0.6) is 0 Å². The van der Waals surface area contributed by atoms with E-state index in [1.807, 2.05) is 6.07 Å². The molecule has 0 bridgehead atoms. The minimum Gasteiger partial charge on any atom is -0.464 e. The lowest BCUT2D eigenvalue weighted by atomic mass is 10.0. The third-order valence-electron chi connectivity index (χ3n) is 3.01. The zero-order valence-corrected chi connectivity index (χ0v) is 11.3. The van der Waals surface area contributed by atoms with Crippen LogP contribution in [0.4, 0.5) is 0 Å². The Kier molecular flexibility index (Phi) is 7.32. The number of ether oxygens (including phenoxy) is 1. The van der Waals surface area contributed by atoms with Gasteiger partial charge in [-0.05, 0) is 24.8 Å². The fraction of sp³-hybridized carbons (Fsp3) is 0.467. The fourth-order valence-electron chi connectivity index (χ4n) is 1.93. The van der Waals surface area contributed by atoms with Crippen LogP contribution in [0.2, 0.25) is 0 Å². The number of esters is 1. The van der Waals surface area contributed by atoms with Crippen LogP contribution in [0.15, 0.2) is 35.5 Å². The summed E-state index contributed by atoms with van der Waals surface area (Å²) in [5.74, 6) is -0.549. The monoisotopic (exact) mass is 263 g/mol. The first-order chi connectivity index (χ1) is 9.27. The molecule has 0 saturated carbocycles. The van der Waals surface area contributed by atoms with Gasteiger partial charge in [0.25, 0.3) is 0 Å². The van der Waals surface area contributed by atoms with E-state index in [4.69, 9.17) is 5.21 Å². The van der Waals surface area contributed by atoms with Crippen molar-refractivity contribution in [3.05, 3.63) is 35.9 Å². The van der Waals surface area contributed by atoms with E-state index in [9.17, 15) is 4.79 Å². The normalized spacial score (nSPS) is 11.3. The van der Waals surface area contributed by atoms with Crippen LogP contribution in [0.25, 0.3) is 0 Å². The second kappa shape index (κ2) is 9.14. The Balaban J connectivity index is 2.10. The van der Waals surface area contributed by atoms with Crippen LogP contribution in [0.1, 0.15) is 37.7 Å². The molecule has 0 fully saturated rings. The molecular weight excluding hydrogens is 242 g/mol. The van der Waals surface area contributed by atoms with Gasteiger partial charge >= 0.3 is 5.97 Å². The van der Waals surface area contributed by atoms with Gasteiger partial charge in [-0.2, -0.15) is 0 Å². The molecule has 4 heteroatoms. The van der Waals surface area contributed by atoms with Crippen molar-refractivity contribution in [2.75, 3.05) is 7.11 Å². The number of hydrogen-bond acceptors (Lipinski definition) is 4. The quantitative estimate of drug-likeness (QED) is 0.258. The SMILES string of the molecule is COC(=O)C(CCCCCCc1ccccc1)=NO. The fourth-order valence-corrected chi connectivity index (χ4v) is 1.93. The largest absolute Gasteiger partial charge is 0.464 e. The van der Waals surface area contributed by atoms with Crippen LogP contribution < -0.4 is 0 Å². The van der Waals surface area contributed by atoms with Gasteiger partial charge < -0.3 is 9.94 Å². The van der Waals surface area contributed by atoms with Gasteiger partial charge in [0.1, 0.15) is 0 Å². The maximum atomic E-state index is 11.1. The standard InChI is InChI=1S/C15H21NO3/c1-19-15(17)14(16-18)12-8-3-2-5-9-13-10-6-4-7-11-13/h4,6-7,10-11,18H,2-3,5,8-9,12H2,1H3. The van der Waals surface area contributed by atoms with Crippen molar-refractivity contribution in [2.24, 2.45) is 5.16 Å². The summed E-state index contributed by atoms with van der Waals surface area (Å²) in [5, 5.41) is 11.6. The van der Waals surface area contributed by atoms with Crippen molar-refractivity contribution in [3.8, 4) is 0 Å². The van der Waals surface area contributed by atoms with Crippen molar-refractivity contribution in [2.45, 2.75) is 38.5 Å². The van der Waals surface area contributed by atoms with Gasteiger partial charge in [-0.25, -0.2) is 4.79 Å². The van der Waals surface area contributed by atoms with Gasteiger partial charge in [-0.15, -0.1) is 0 Å². The minimum atomic E-state index is -0.549. The van der Waals surface area contributed by atoms with Crippen LogP contribution >= 0.6 is 0 Å². The number of benzene rings is 1. The Morgan fingerprint density at radius 1 is 1.16 bits per heavy atom. The number of oxime groups is 1. The second-order valence-corrected chi connectivity index (χ2v) is 4.44. The summed E-state index contributed by atoms with van der Waals surface area (Å²) in [6.45, 7) is 0. The Bertz CT molecular complexity index is 401. The average Bonchev–Trinajstić information content (AvgIpc) is 2.47. The van der Waals surface area contributed by atoms with Crippen LogP contribution in [-0.2, 0) is 16.0 Å². The molecule has 104 valence electrons. The van der Waals surface area contributed by atoms with E-state index >= 15 is 0 Å². The van der Waals surface area contributed by atoms with Crippen molar-refractivity contribution < 1.29 is 14.7 Å². The number of nitrogens with zero attached hydrogens (tertiary/aromatic N) is 1. The van der Waals surface area contributed by atoms with Crippen molar-refractivity contribution in [3.63, 3.8) is 0 Å². The van der Waals surface area contributed by atoms with Crippen molar-refractivity contribution >= 4 is 11.7 Å². The predicted molar refractivity (Wildman–Crippen MR) is 74.5 cm³/mol. The van der Waals surface area contributed by atoms with Crippen LogP contribution in [-0.4, -0.2) is 24.0 Å². The Morgan fingerprint density at radius 2 is 1.84 bits per heavy atom. The Labute approximate surface area is 114 Å². The van der Waals surface area contributed by atoms with Crippen molar-refractivity contribution in [1.29, 1.82) is 0 Å². The summed E-state index contributed by atoms with van der Waals surface area (Å²) in [5.41, 5.74) is 1.46. The highest BCUT2D eigenvalue weighted by Gasteiger charge is 2.11. The number of carbonyl (C=O) groups excluding carboxylic acids is 1. The number of carbonyl (C=O) groups is 1. The summed E-state index contributed by atoms with van der Waals surface area (Å²) in [4.78, 5) is 11.1. The smallest absolute Gasteiger partial charge is 0.355 e. The number of unbranched alkanes of at least 4 members (excludes halogenated alkanes) is 3. The lowest BCUT2D eigenvalue weighted by Crippen LogP contribution is -2.15. The maximum absolute atomic E-state index is 11.1.